The second kappa shape index (κ2) is 9.62. The average molecular weight is 412 g/mol. The molecule has 1 saturated heterocycles. The molecule has 0 atom stereocenters. The van der Waals surface area contributed by atoms with Gasteiger partial charge in [-0.15, -0.1) is 24.8 Å². The van der Waals surface area contributed by atoms with E-state index in [9.17, 15) is 0 Å². The van der Waals surface area contributed by atoms with Crippen LogP contribution in [0.3, 0.4) is 0 Å². The zero-order valence-electron chi connectivity index (χ0n) is 14.4. The van der Waals surface area contributed by atoms with Gasteiger partial charge in [0, 0.05) is 48.1 Å². The largest absolute Gasteiger partial charge is 0.395 e. The average Bonchev–Trinajstić information content (AvgIpc) is 2.79. The summed E-state index contributed by atoms with van der Waals surface area (Å²) in [5, 5.41) is 9.13. The van der Waals surface area contributed by atoms with Gasteiger partial charge in [-0.2, -0.15) is 0 Å². The van der Waals surface area contributed by atoms with Gasteiger partial charge in [-0.25, -0.2) is 4.99 Å². The highest BCUT2D eigenvalue weighted by molar-refractivity contribution is 7.99. The van der Waals surface area contributed by atoms with Crippen molar-refractivity contribution in [2.24, 2.45) is 4.99 Å². The second-order valence-electron chi connectivity index (χ2n) is 6.05. The fourth-order valence-corrected chi connectivity index (χ4v) is 4.25. The number of hydrogen-bond donors (Lipinski definition) is 1. The van der Waals surface area contributed by atoms with E-state index in [0.717, 1.165) is 44.2 Å². The topological polar surface area (TPSA) is 39.1 Å². The zero-order valence-corrected chi connectivity index (χ0v) is 16.8. The molecule has 1 fully saturated rings. The Kier molecular flexibility index (Phi) is 7.80. The number of aliphatic imine (C=N–C) groups is 1. The molecule has 0 unspecified atom stereocenters. The number of piperazine rings is 1. The van der Waals surface area contributed by atoms with Gasteiger partial charge in [0.15, 0.2) is 0 Å². The molecule has 2 aliphatic heterocycles. The first-order valence-electron chi connectivity index (χ1n) is 8.38. The summed E-state index contributed by atoms with van der Waals surface area (Å²) >= 11 is 1.80. The fraction of sp³-hybridized carbons (Fsp3) is 0.316. The van der Waals surface area contributed by atoms with Crippen LogP contribution in [0, 0.1) is 0 Å². The van der Waals surface area contributed by atoms with Crippen LogP contribution in [-0.2, 0) is 0 Å². The highest BCUT2D eigenvalue weighted by Gasteiger charge is 2.24. The standard InChI is InChI=1S/C19H21N3OS.2ClH/c23-14-13-21-9-11-22(12-10-21)19-15-5-1-3-7-17(15)24-18-8-4-2-6-16(18)20-19;;/h1-8,23H,9-14H2;2*1H. The molecule has 0 spiro atoms. The molecule has 2 aliphatic rings. The van der Waals surface area contributed by atoms with E-state index in [4.69, 9.17) is 10.1 Å². The number of benzene rings is 2. The maximum atomic E-state index is 9.13. The van der Waals surface area contributed by atoms with E-state index in [-0.39, 0.29) is 31.4 Å². The van der Waals surface area contributed by atoms with E-state index in [2.05, 4.69) is 58.3 Å². The molecule has 7 heteroatoms. The predicted molar refractivity (Wildman–Crippen MR) is 113 cm³/mol. The molecular formula is C19H23Cl2N3OS. The normalized spacial score (nSPS) is 16.3. The molecule has 0 aliphatic carbocycles. The molecule has 4 nitrogen and oxygen atoms in total. The predicted octanol–water partition coefficient (Wildman–Crippen LogP) is 3.68. The minimum absolute atomic E-state index is 0. The maximum absolute atomic E-state index is 9.13. The number of halogens is 2. The molecule has 26 heavy (non-hydrogen) atoms. The summed E-state index contributed by atoms with van der Waals surface area (Å²) < 4.78 is 0. The number of aliphatic hydroxyl groups excluding tert-OH is 1. The Balaban J connectivity index is 0.00000121. The second-order valence-corrected chi connectivity index (χ2v) is 7.14. The van der Waals surface area contributed by atoms with Crippen LogP contribution in [0.15, 0.2) is 63.3 Å². The van der Waals surface area contributed by atoms with Gasteiger partial charge in [0.05, 0.1) is 12.3 Å². The molecule has 1 N–H and O–H groups in total. The van der Waals surface area contributed by atoms with E-state index in [1.165, 1.54) is 15.4 Å². The van der Waals surface area contributed by atoms with Crippen molar-refractivity contribution in [2.45, 2.75) is 9.79 Å². The summed E-state index contributed by atoms with van der Waals surface area (Å²) in [6.45, 7) is 4.82. The van der Waals surface area contributed by atoms with Crippen molar-refractivity contribution in [3.05, 3.63) is 54.1 Å². The molecule has 4 rings (SSSR count). The van der Waals surface area contributed by atoms with E-state index in [1.54, 1.807) is 11.8 Å². The summed E-state index contributed by atoms with van der Waals surface area (Å²) in [4.78, 5) is 12.2. The first-order valence-corrected chi connectivity index (χ1v) is 9.20. The van der Waals surface area contributed by atoms with Crippen LogP contribution in [0.2, 0.25) is 0 Å². The third-order valence-corrected chi connectivity index (χ3v) is 5.67. The number of nitrogens with zero attached hydrogens (tertiary/aromatic N) is 3. The molecule has 2 aromatic rings. The minimum atomic E-state index is 0. The summed E-state index contributed by atoms with van der Waals surface area (Å²) in [6.07, 6.45) is 0. The monoisotopic (exact) mass is 411 g/mol. The Labute approximate surface area is 171 Å². The maximum Gasteiger partial charge on any atom is 0.137 e. The van der Waals surface area contributed by atoms with E-state index >= 15 is 0 Å². The molecule has 2 aromatic carbocycles. The Morgan fingerprint density at radius 2 is 1.54 bits per heavy atom. The van der Waals surface area contributed by atoms with Crippen molar-refractivity contribution >= 4 is 48.1 Å². The van der Waals surface area contributed by atoms with Crippen LogP contribution in [0.4, 0.5) is 5.69 Å². The van der Waals surface area contributed by atoms with Gasteiger partial charge >= 0.3 is 0 Å². The first kappa shape index (κ1) is 21.1. The van der Waals surface area contributed by atoms with Gasteiger partial charge in [-0.3, -0.25) is 4.90 Å². The van der Waals surface area contributed by atoms with Gasteiger partial charge in [0.2, 0.25) is 0 Å². The van der Waals surface area contributed by atoms with E-state index < -0.39 is 0 Å². The molecule has 140 valence electrons. The zero-order chi connectivity index (χ0) is 16.4. The third-order valence-electron chi connectivity index (χ3n) is 4.53. The Morgan fingerprint density at radius 1 is 0.885 bits per heavy atom. The lowest BCUT2D eigenvalue weighted by atomic mass is 10.1. The van der Waals surface area contributed by atoms with Crippen LogP contribution in [0.5, 0.6) is 0 Å². The van der Waals surface area contributed by atoms with E-state index in [0.29, 0.717) is 0 Å². The van der Waals surface area contributed by atoms with E-state index in [1.807, 2.05) is 0 Å². The molecule has 0 saturated carbocycles. The highest BCUT2D eigenvalue weighted by Crippen LogP contribution is 2.40. The van der Waals surface area contributed by atoms with Crippen LogP contribution in [-0.4, -0.2) is 60.1 Å². The SMILES string of the molecule is Cl.Cl.OCCN1CCN(C2=Nc3ccccc3Sc3ccccc32)CC1. The Hall–Kier alpha value is -1.24. The number of aliphatic hydroxyl groups is 1. The lowest BCUT2D eigenvalue weighted by Gasteiger charge is -2.36. The smallest absolute Gasteiger partial charge is 0.137 e. The number of β-amino-alcohol motifs (C(OH)–C–C–N with tert-alkyl or cyclic N) is 1. The number of hydrogen-bond acceptors (Lipinski definition) is 5. The summed E-state index contributed by atoms with van der Waals surface area (Å²) in [6, 6.07) is 16.9. The molecule has 0 aromatic heterocycles. The number of amidine groups is 1. The van der Waals surface area contributed by atoms with Gasteiger partial charge in [-0.1, -0.05) is 42.1 Å². The van der Waals surface area contributed by atoms with Gasteiger partial charge in [0.25, 0.3) is 0 Å². The Morgan fingerprint density at radius 3 is 2.27 bits per heavy atom. The van der Waals surface area contributed by atoms with Gasteiger partial charge in [0.1, 0.15) is 5.84 Å². The summed E-state index contributed by atoms with van der Waals surface area (Å²) in [7, 11) is 0. The van der Waals surface area contributed by atoms with Crippen molar-refractivity contribution in [1.82, 2.24) is 9.80 Å². The number of para-hydroxylation sites is 1. The van der Waals surface area contributed by atoms with Crippen LogP contribution >= 0.6 is 36.6 Å². The molecule has 0 bridgehead atoms. The van der Waals surface area contributed by atoms with Crippen LogP contribution in [0.25, 0.3) is 0 Å². The highest BCUT2D eigenvalue weighted by atomic mass is 35.5. The third kappa shape index (κ3) is 4.35. The van der Waals surface area contributed by atoms with Crippen molar-refractivity contribution in [3.8, 4) is 0 Å². The van der Waals surface area contributed by atoms with Crippen LogP contribution in [0.1, 0.15) is 5.56 Å². The van der Waals surface area contributed by atoms with Crippen LogP contribution < -0.4 is 0 Å². The number of fused-ring (bicyclic) bond motifs is 2. The Bertz CT molecular complexity index is 764. The minimum Gasteiger partial charge on any atom is -0.395 e. The quantitative estimate of drug-likeness (QED) is 0.817. The summed E-state index contributed by atoms with van der Waals surface area (Å²) in [5.74, 6) is 1.08. The fourth-order valence-electron chi connectivity index (χ4n) is 3.23. The van der Waals surface area contributed by atoms with Crippen molar-refractivity contribution < 1.29 is 5.11 Å². The van der Waals surface area contributed by atoms with Crippen molar-refractivity contribution in [1.29, 1.82) is 0 Å². The van der Waals surface area contributed by atoms with Gasteiger partial charge < -0.3 is 10.0 Å². The number of rotatable bonds is 2. The molecule has 0 radical (unpaired) electrons. The molecule has 2 heterocycles. The lowest BCUT2D eigenvalue weighted by molar-refractivity contribution is 0.147. The summed E-state index contributed by atoms with van der Waals surface area (Å²) in [5.41, 5.74) is 2.26. The molecular weight excluding hydrogens is 389 g/mol. The first-order chi connectivity index (χ1) is 11.8. The lowest BCUT2D eigenvalue weighted by Crippen LogP contribution is -2.49. The van der Waals surface area contributed by atoms with Crippen molar-refractivity contribution in [3.63, 3.8) is 0 Å². The van der Waals surface area contributed by atoms with Gasteiger partial charge in [-0.05, 0) is 18.2 Å². The van der Waals surface area contributed by atoms with Crippen molar-refractivity contribution in [2.75, 3.05) is 39.3 Å². The molecule has 0 amide bonds.